The van der Waals surface area contributed by atoms with E-state index < -0.39 is 0 Å². The molecule has 0 atom stereocenters. The highest BCUT2D eigenvalue weighted by Gasteiger charge is 2.08. The SMILES string of the molecule is Cc1ccc(F)c(CNC(=O)c2ccc3ncccc3c2)c1. The van der Waals surface area contributed by atoms with Crippen LogP contribution >= 0.6 is 0 Å². The molecule has 0 radical (unpaired) electrons. The third-order valence-corrected chi connectivity index (χ3v) is 3.51. The maximum atomic E-state index is 13.7. The number of amides is 1. The lowest BCUT2D eigenvalue weighted by atomic mass is 10.1. The van der Waals surface area contributed by atoms with Gasteiger partial charge in [-0.1, -0.05) is 23.8 Å². The molecule has 2 aromatic carbocycles. The second kappa shape index (κ2) is 5.93. The van der Waals surface area contributed by atoms with Crippen molar-refractivity contribution in [2.75, 3.05) is 0 Å². The molecule has 0 spiro atoms. The van der Waals surface area contributed by atoms with Gasteiger partial charge in [-0.15, -0.1) is 0 Å². The van der Waals surface area contributed by atoms with Crippen molar-refractivity contribution in [2.45, 2.75) is 13.5 Å². The molecule has 3 nitrogen and oxygen atoms in total. The average Bonchev–Trinajstić information content (AvgIpc) is 2.55. The van der Waals surface area contributed by atoms with Crippen LogP contribution in [0.4, 0.5) is 4.39 Å². The molecule has 3 rings (SSSR count). The summed E-state index contributed by atoms with van der Waals surface area (Å²) in [6.07, 6.45) is 1.71. The molecule has 1 heterocycles. The van der Waals surface area contributed by atoms with Crippen LogP contribution in [0.2, 0.25) is 0 Å². The molecule has 1 aromatic heterocycles. The molecule has 110 valence electrons. The summed E-state index contributed by atoms with van der Waals surface area (Å²) < 4.78 is 13.7. The number of aryl methyl sites for hydroxylation is 1. The molecule has 0 unspecified atom stereocenters. The first-order chi connectivity index (χ1) is 10.6. The molecule has 1 N–H and O–H groups in total. The van der Waals surface area contributed by atoms with Gasteiger partial charge in [-0.25, -0.2) is 4.39 Å². The highest BCUT2D eigenvalue weighted by atomic mass is 19.1. The summed E-state index contributed by atoms with van der Waals surface area (Å²) in [4.78, 5) is 16.4. The molecular weight excluding hydrogens is 279 g/mol. The Morgan fingerprint density at radius 1 is 1.18 bits per heavy atom. The lowest BCUT2D eigenvalue weighted by Crippen LogP contribution is -2.23. The summed E-state index contributed by atoms with van der Waals surface area (Å²) in [5.74, 6) is -0.541. The molecule has 22 heavy (non-hydrogen) atoms. The lowest BCUT2D eigenvalue weighted by molar-refractivity contribution is 0.0950. The Kier molecular flexibility index (Phi) is 3.83. The van der Waals surface area contributed by atoms with E-state index in [0.29, 0.717) is 11.1 Å². The van der Waals surface area contributed by atoms with Gasteiger partial charge >= 0.3 is 0 Å². The van der Waals surface area contributed by atoms with E-state index in [0.717, 1.165) is 16.5 Å². The van der Waals surface area contributed by atoms with Crippen molar-refractivity contribution in [1.29, 1.82) is 0 Å². The third kappa shape index (κ3) is 2.96. The van der Waals surface area contributed by atoms with Gasteiger partial charge in [0.1, 0.15) is 5.82 Å². The Hall–Kier alpha value is -2.75. The number of pyridine rings is 1. The zero-order valence-corrected chi connectivity index (χ0v) is 12.1. The monoisotopic (exact) mass is 294 g/mol. The second-order valence-electron chi connectivity index (χ2n) is 5.19. The van der Waals surface area contributed by atoms with Crippen molar-refractivity contribution < 1.29 is 9.18 Å². The zero-order chi connectivity index (χ0) is 15.5. The van der Waals surface area contributed by atoms with Crippen LogP contribution in [-0.4, -0.2) is 10.9 Å². The maximum Gasteiger partial charge on any atom is 0.251 e. The number of rotatable bonds is 3. The topological polar surface area (TPSA) is 42.0 Å². The van der Waals surface area contributed by atoms with Crippen LogP contribution in [0.3, 0.4) is 0 Å². The summed E-state index contributed by atoms with van der Waals surface area (Å²) in [7, 11) is 0. The molecule has 0 bridgehead atoms. The number of carbonyl (C=O) groups excluding carboxylic acids is 1. The van der Waals surface area contributed by atoms with Crippen LogP contribution in [-0.2, 0) is 6.54 Å². The van der Waals surface area contributed by atoms with Crippen LogP contribution in [0.5, 0.6) is 0 Å². The van der Waals surface area contributed by atoms with Gasteiger partial charge in [0.2, 0.25) is 0 Å². The Morgan fingerprint density at radius 3 is 2.91 bits per heavy atom. The zero-order valence-electron chi connectivity index (χ0n) is 12.1. The van der Waals surface area contributed by atoms with E-state index in [-0.39, 0.29) is 18.3 Å². The third-order valence-electron chi connectivity index (χ3n) is 3.51. The maximum absolute atomic E-state index is 13.7. The van der Waals surface area contributed by atoms with E-state index >= 15 is 0 Å². The van der Waals surface area contributed by atoms with Crippen LogP contribution in [0.25, 0.3) is 10.9 Å². The number of carbonyl (C=O) groups is 1. The Morgan fingerprint density at radius 2 is 2.05 bits per heavy atom. The van der Waals surface area contributed by atoms with Crippen molar-refractivity contribution in [3.8, 4) is 0 Å². The first kappa shape index (κ1) is 14.2. The van der Waals surface area contributed by atoms with Gasteiger partial charge in [0.05, 0.1) is 5.52 Å². The smallest absolute Gasteiger partial charge is 0.251 e. The van der Waals surface area contributed by atoms with Crippen LogP contribution in [0.1, 0.15) is 21.5 Å². The Labute approximate surface area is 127 Å². The predicted octanol–water partition coefficient (Wildman–Crippen LogP) is 3.61. The van der Waals surface area contributed by atoms with Crippen molar-refractivity contribution in [3.63, 3.8) is 0 Å². The van der Waals surface area contributed by atoms with E-state index in [4.69, 9.17) is 0 Å². The normalized spacial score (nSPS) is 10.6. The lowest BCUT2D eigenvalue weighted by Gasteiger charge is -2.08. The minimum absolute atomic E-state index is 0.164. The molecule has 3 aromatic rings. The van der Waals surface area contributed by atoms with Gasteiger partial charge in [0.15, 0.2) is 0 Å². The highest BCUT2D eigenvalue weighted by Crippen LogP contribution is 2.14. The number of fused-ring (bicyclic) bond motifs is 1. The molecule has 0 saturated carbocycles. The van der Waals surface area contributed by atoms with Gasteiger partial charge in [0.25, 0.3) is 5.91 Å². The summed E-state index contributed by atoms with van der Waals surface area (Å²) in [5.41, 5.74) is 2.82. The number of benzene rings is 2. The fourth-order valence-corrected chi connectivity index (χ4v) is 2.33. The van der Waals surface area contributed by atoms with Gasteiger partial charge in [-0.2, -0.15) is 0 Å². The number of aromatic nitrogens is 1. The summed E-state index contributed by atoms with van der Waals surface area (Å²) in [5, 5.41) is 3.65. The van der Waals surface area contributed by atoms with Crippen molar-refractivity contribution >= 4 is 16.8 Å². The van der Waals surface area contributed by atoms with E-state index in [1.807, 2.05) is 19.1 Å². The molecule has 0 fully saturated rings. The summed E-state index contributed by atoms with van der Waals surface area (Å²) in [6, 6.07) is 13.9. The minimum atomic E-state index is -0.311. The molecule has 0 aliphatic heterocycles. The molecule has 4 heteroatoms. The second-order valence-corrected chi connectivity index (χ2v) is 5.19. The number of hydrogen-bond acceptors (Lipinski definition) is 2. The van der Waals surface area contributed by atoms with Crippen molar-refractivity contribution in [1.82, 2.24) is 10.3 Å². The van der Waals surface area contributed by atoms with E-state index in [2.05, 4.69) is 10.3 Å². The fourth-order valence-electron chi connectivity index (χ4n) is 2.33. The molecule has 1 amide bonds. The van der Waals surface area contributed by atoms with Crippen LogP contribution in [0, 0.1) is 12.7 Å². The number of halogens is 1. The van der Waals surface area contributed by atoms with Crippen LogP contribution in [0.15, 0.2) is 54.7 Å². The number of nitrogens with zero attached hydrogens (tertiary/aromatic N) is 1. The first-order valence-electron chi connectivity index (χ1n) is 7.01. The predicted molar refractivity (Wildman–Crippen MR) is 84.1 cm³/mol. The van der Waals surface area contributed by atoms with Crippen molar-refractivity contribution in [3.05, 3.63) is 77.2 Å². The standard InChI is InChI=1S/C18H15FN2O/c1-12-4-6-16(19)15(9-12)11-21-18(22)14-5-7-17-13(10-14)3-2-8-20-17/h2-10H,11H2,1H3,(H,21,22). The van der Waals surface area contributed by atoms with Gasteiger partial charge in [-0.05, 0) is 37.3 Å². The van der Waals surface area contributed by atoms with E-state index in [1.54, 1.807) is 36.5 Å². The number of hydrogen-bond donors (Lipinski definition) is 1. The first-order valence-corrected chi connectivity index (χ1v) is 7.01. The Balaban J connectivity index is 1.77. The van der Waals surface area contributed by atoms with Gasteiger partial charge in [-0.3, -0.25) is 9.78 Å². The van der Waals surface area contributed by atoms with Gasteiger partial charge < -0.3 is 5.32 Å². The fraction of sp³-hybridized carbons (Fsp3) is 0.111. The van der Waals surface area contributed by atoms with Crippen molar-refractivity contribution in [2.24, 2.45) is 0 Å². The van der Waals surface area contributed by atoms with E-state index in [9.17, 15) is 9.18 Å². The van der Waals surface area contributed by atoms with Gasteiger partial charge in [0, 0.05) is 29.3 Å². The molecular formula is C18H15FN2O. The number of nitrogens with one attached hydrogen (secondary N) is 1. The summed E-state index contributed by atoms with van der Waals surface area (Å²) in [6.45, 7) is 2.05. The Bertz CT molecular complexity index is 845. The van der Waals surface area contributed by atoms with Crippen LogP contribution < -0.4 is 5.32 Å². The van der Waals surface area contributed by atoms with E-state index in [1.165, 1.54) is 6.07 Å². The largest absolute Gasteiger partial charge is 0.348 e. The average molecular weight is 294 g/mol. The summed E-state index contributed by atoms with van der Waals surface area (Å²) >= 11 is 0. The highest BCUT2D eigenvalue weighted by molar-refractivity contribution is 5.97. The molecule has 0 aliphatic carbocycles. The molecule has 0 aliphatic rings. The minimum Gasteiger partial charge on any atom is -0.348 e. The molecule has 0 saturated heterocycles. The quantitative estimate of drug-likeness (QED) is 0.801.